The topological polar surface area (TPSA) is 69.7 Å². The van der Waals surface area contributed by atoms with Crippen molar-refractivity contribution >= 4 is 0 Å². The summed E-state index contributed by atoms with van der Waals surface area (Å²) >= 11 is 0. The summed E-state index contributed by atoms with van der Waals surface area (Å²) in [5.74, 6) is 0. The first-order valence-electron chi connectivity index (χ1n) is 8.49. The zero-order valence-electron chi connectivity index (χ0n) is 13.2. The SMILES string of the molecule is NCCCCCCCCCCCCN(CCO)CCO. The lowest BCUT2D eigenvalue weighted by molar-refractivity contribution is 0.159. The summed E-state index contributed by atoms with van der Waals surface area (Å²) in [6.07, 6.45) is 13.0. The zero-order valence-corrected chi connectivity index (χ0v) is 13.2. The molecule has 0 aromatic heterocycles. The van der Waals surface area contributed by atoms with Crippen LogP contribution in [0, 0.1) is 0 Å². The van der Waals surface area contributed by atoms with Crippen LogP contribution in [0.25, 0.3) is 0 Å². The van der Waals surface area contributed by atoms with E-state index in [9.17, 15) is 0 Å². The highest BCUT2D eigenvalue weighted by Gasteiger charge is 2.02. The third kappa shape index (κ3) is 14.3. The van der Waals surface area contributed by atoms with Gasteiger partial charge in [-0.1, -0.05) is 51.4 Å². The van der Waals surface area contributed by atoms with E-state index in [-0.39, 0.29) is 13.2 Å². The van der Waals surface area contributed by atoms with Crippen LogP contribution < -0.4 is 5.73 Å². The number of unbranched alkanes of at least 4 members (excludes halogenated alkanes) is 9. The van der Waals surface area contributed by atoms with Crippen molar-refractivity contribution in [1.82, 2.24) is 4.90 Å². The minimum absolute atomic E-state index is 0.185. The third-order valence-corrected chi connectivity index (χ3v) is 3.76. The maximum absolute atomic E-state index is 8.91. The van der Waals surface area contributed by atoms with Crippen LogP contribution in [0.1, 0.15) is 64.2 Å². The van der Waals surface area contributed by atoms with E-state index in [0.29, 0.717) is 13.1 Å². The second-order valence-corrected chi connectivity index (χ2v) is 5.61. The molecule has 0 unspecified atom stereocenters. The molecule has 4 heteroatoms. The molecule has 0 aliphatic heterocycles. The van der Waals surface area contributed by atoms with Crippen LogP contribution in [0.4, 0.5) is 0 Å². The zero-order chi connectivity index (χ0) is 14.9. The van der Waals surface area contributed by atoms with Crippen LogP contribution >= 0.6 is 0 Å². The van der Waals surface area contributed by atoms with Gasteiger partial charge in [0.25, 0.3) is 0 Å². The van der Waals surface area contributed by atoms with Gasteiger partial charge < -0.3 is 15.9 Å². The minimum Gasteiger partial charge on any atom is -0.395 e. The van der Waals surface area contributed by atoms with Crippen molar-refractivity contribution in [3.8, 4) is 0 Å². The van der Waals surface area contributed by atoms with E-state index in [1.807, 2.05) is 0 Å². The highest BCUT2D eigenvalue weighted by atomic mass is 16.3. The first-order valence-corrected chi connectivity index (χ1v) is 8.49. The number of nitrogens with zero attached hydrogens (tertiary/aromatic N) is 1. The van der Waals surface area contributed by atoms with Gasteiger partial charge in [-0.3, -0.25) is 4.90 Å². The number of hydrogen-bond donors (Lipinski definition) is 3. The molecule has 0 heterocycles. The molecule has 0 amide bonds. The fourth-order valence-electron chi connectivity index (χ4n) is 2.51. The normalized spacial score (nSPS) is 11.4. The standard InChI is InChI=1S/C16H36N2O2/c17-11-9-7-5-3-1-2-4-6-8-10-12-18(13-15-19)14-16-20/h19-20H,1-17H2. The second-order valence-electron chi connectivity index (χ2n) is 5.61. The molecule has 0 aliphatic carbocycles. The van der Waals surface area contributed by atoms with Crippen LogP contribution in [-0.4, -0.2) is 54.5 Å². The van der Waals surface area contributed by atoms with Crippen molar-refractivity contribution in [2.75, 3.05) is 39.4 Å². The van der Waals surface area contributed by atoms with Crippen molar-refractivity contribution in [3.05, 3.63) is 0 Å². The highest BCUT2D eigenvalue weighted by molar-refractivity contribution is 4.57. The van der Waals surface area contributed by atoms with Crippen molar-refractivity contribution in [1.29, 1.82) is 0 Å². The molecule has 0 saturated heterocycles. The van der Waals surface area contributed by atoms with Gasteiger partial charge >= 0.3 is 0 Å². The molecule has 0 saturated carbocycles. The molecule has 0 rings (SSSR count). The van der Waals surface area contributed by atoms with E-state index in [1.165, 1.54) is 64.2 Å². The first kappa shape index (κ1) is 19.8. The summed E-state index contributed by atoms with van der Waals surface area (Å²) in [5, 5.41) is 17.8. The Morgan fingerprint density at radius 2 is 0.950 bits per heavy atom. The molecule has 0 spiro atoms. The van der Waals surface area contributed by atoms with Crippen molar-refractivity contribution in [2.24, 2.45) is 5.73 Å². The number of rotatable bonds is 16. The lowest BCUT2D eigenvalue weighted by Crippen LogP contribution is -2.30. The molecular weight excluding hydrogens is 252 g/mol. The molecule has 0 bridgehead atoms. The predicted molar refractivity (Wildman–Crippen MR) is 85.8 cm³/mol. The summed E-state index contributed by atoms with van der Waals surface area (Å²) in [7, 11) is 0. The summed E-state index contributed by atoms with van der Waals surface area (Å²) in [6, 6.07) is 0. The van der Waals surface area contributed by atoms with Crippen LogP contribution in [0.2, 0.25) is 0 Å². The summed E-state index contributed by atoms with van der Waals surface area (Å²) in [5.41, 5.74) is 5.47. The largest absolute Gasteiger partial charge is 0.395 e. The highest BCUT2D eigenvalue weighted by Crippen LogP contribution is 2.10. The van der Waals surface area contributed by atoms with Crippen molar-refractivity contribution < 1.29 is 10.2 Å². The number of nitrogens with two attached hydrogens (primary N) is 1. The summed E-state index contributed by atoms with van der Waals surface area (Å²) < 4.78 is 0. The average Bonchev–Trinajstić information content (AvgIpc) is 2.45. The quantitative estimate of drug-likeness (QED) is 0.381. The van der Waals surface area contributed by atoms with Gasteiger partial charge in [-0.05, 0) is 25.9 Å². The van der Waals surface area contributed by atoms with Gasteiger partial charge in [0, 0.05) is 13.1 Å². The molecule has 0 radical (unpaired) electrons. The summed E-state index contributed by atoms with van der Waals surface area (Å²) in [4.78, 5) is 2.14. The number of aliphatic hydroxyl groups excluding tert-OH is 2. The third-order valence-electron chi connectivity index (χ3n) is 3.76. The molecule has 0 fully saturated rings. The van der Waals surface area contributed by atoms with Crippen molar-refractivity contribution in [2.45, 2.75) is 64.2 Å². The van der Waals surface area contributed by atoms with E-state index < -0.39 is 0 Å². The Kier molecular flexibility index (Phi) is 16.8. The van der Waals surface area contributed by atoms with Gasteiger partial charge in [0.1, 0.15) is 0 Å². The lowest BCUT2D eigenvalue weighted by Gasteiger charge is -2.19. The van der Waals surface area contributed by atoms with Gasteiger partial charge in [0.05, 0.1) is 13.2 Å². The Hall–Kier alpha value is -0.160. The maximum atomic E-state index is 8.91. The van der Waals surface area contributed by atoms with Gasteiger partial charge in [-0.15, -0.1) is 0 Å². The summed E-state index contributed by atoms with van der Waals surface area (Å²) in [6.45, 7) is 3.57. The van der Waals surface area contributed by atoms with Gasteiger partial charge in [0.15, 0.2) is 0 Å². The lowest BCUT2D eigenvalue weighted by atomic mass is 10.1. The molecular formula is C16H36N2O2. The van der Waals surface area contributed by atoms with Crippen molar-refractivity contribution in [3.63, 3.8) is 0 Å². The molecule has 4 nitrogen and oxygen atoms in total. The van der Waals surface area contributed by atoms with Crippen LogP contribution in [-0.2, 0) is 0 Å². The van der Waals surface area contributed by atoms with E-state index >= 15 is 0 Å². The Morgan fingerprint density at radius 1 is 0.550 bits per heavy atom. The average molecular weight is 288 g/mol. The molecule has 122 valence electrons. The fourth-order valence-corrected chi connectivity index (χ4v) is 2.51. The molecule has 0 aromatic rings. The second kappa shape index (κ2) is 16.9. The Morgan fingerprint density at radius 3 is 1.35 bits per heavy atom. The molecule has 0 aromatic carbocycles. The van der Waals surface area contributed by atoms with E-state index in [2.05, 4.69) is 4.90 Å². The molecule has 0 aliphatic rings. The van der Waals surface area contributed by atoms with Crippen LogP contribution in [0.3, 0.4) is 0 Å². The number of aliphatic hydroxyl groups is 2. The van der Waals surface area contributed by atoms with E-state index in [0.717, 1.165) is 13.1 Å². The maximum Gasteiger partial charge on any atom is 0.0558 e. The Labute approximate surface area is 125 Å². The minimum atomic E-state index is 0.185. The molecule has 20 heavy (non-hydrogen) atoms. The molecule has 0 atom stereocenters. The monoisotopic (exact) mass is 288 g/mol. The van der Waals surface area contributed by atoms with E-state index in [4.69, 9.17) is 15.9 Å². The van der Waals surface area contributed by atoms with Crippen LogP contribution in [0.15, 0.2) is 0 Å². The number of hydrogen-bond acceptors (Lipinski definition) is 4. The Bertz CT molecular complexity index is 174. The smallest absolute Gasteiger partial charge is 0.0558 e. The molecule has 4 N–H and O–H groups in total. The van der Waals surface area contributed by atoms with Gasteiger partial charge in [-0.2, -0.15) is 0 Å². The first-order chi connectivity index (χ1) is 9.85. The Balaban J connectivity index is 3.18. The van der Waals surface area contributed by atoms with Gasteiger partial charge in [0.2, 0.25) is 0 Å². The fraction of sp³-hybridized carbons (Fsp3) is 1.00. The van der Waals surface area contributed by atoms with E-state index in [1.54, 1.807) is 0 Å². The predicted octanol–water partition coefficient (Wildman–Crippen LogP) is 2.13. The van der Waals surface area contributed by atoms with Gasteiger partial charge in [-0.25, -0.2) is 0 Å². The van der Waals surface area contributed by atoms with Crippen LogP contribution in [0.5, 0.6) is 0 Å².